The van der Waals surface area contributed by atoms with E-state index in [-0.39, 0.29) is 32.3 Å². The van der Waals surface area contributed by atoms with Gasteiger partial charge in [-0.05, 0) is 39.0 Å². The van der Waals surface area contributed by atoms with E-state index in [0.29, 0.717) is 25.9 Å². The summed E-state index contributed by atoms with van der Waals surface area (Å²) in [4.78, 5) is 36.9. The summed E-state index contributed by atoms with van der Waals surface area (Å²) >= 11 is 0. The summed E-state index contributed by atoms with van der Waals surface area (Å²) in [5.74, 6) is -3.33. The first-order chi connectivity index (χ1) is 10.5. The molecule has 0 aromatic carbocycles. The van der Waals surface area contributed by atoms with Crippen LogP contribution in [-0.2, 0) is 23.9 Å². The fourth-order valence-corrected chi connectivity index (χ4v) is 3.47. The topological polar surface area (TPSA) is 93.1 Å². The molecule has 2 heterocycles. The number of nitrogens with zero attached hydrogens (tertiary/aromatic N) is 1. The second-order valence-electron chi connectivity index (χ2n) is 5.74. The summed E-state index contributed by atoms with van der Waals surface area (Å²) < 4.78 is 10.7. The summed E-state index contributed by atoms with van der Waals surface area (Å²) in [5.41, 5.74) is -1.64. The van der Waals surface area contributed by atoms with E-state index in [4.69, 9.17) is 9.47 Å². The van der Waals surface area contributed by atoms with Crippen LogP contribution in [0.2, 0.25) is 0 Å². The second-order valence-corrected chi connectivity index (χ2v) is 5.74. The fraction of sp³-hybridized carbons (Fsp3) is 0.800. The Bertz CT molecular complexity index is 445. The molecule has 0 bridgehead atoms. The quantitative estimate of drug-likeness (QED) is 0.458. The number of ether oxygens (including phenoxy) is 2. The van der Waals surface area contributed by atoms with Crippen molar-refractivity contribution >= 4 is 18.2 Å². The molecule has 2 saturated heterocycles. The molecule has 0 aromatic heterocycles. The van der Waals surface area contributed by atoms with Gasteiger partial charge in [0.2, 0.25) is 6.29 Å². The molecule has 22 heavy (non-hydrogen) atoms. The molecule has 2 fully saturated rings. The van der Waals surface area contributed by atoms with Crippen LogP contribution in [0, 0.1) is 0 Å². The normalized spacial score (nSPS) is 32.4. The summed E-state index contributed by atoms with van der Waals surface area (Å²) in [6.07, 6.45) is 3.40. The number of amides is 1. The number of aliphatic hydroxyl groups is 1. The molecule has 2 aliphatic heterocycles. The molecule has 7 nitrogen and oxygen atoms in total. The zero-order chi connectivity index (χ0) is 16.2. The lowest BCUT2D eigenvalue weighted by atomic mass is 9.76. The highest BCUT2D eigenvalue weighted by molar-refractivity contribution is 6.24. The molecule has 0 aromatic rings. The summed E-state index contributed by atoms with van der Waals surface area (Å²) in [7, 11) is 0. The Morgan fingerprint density at radius 1 is 1.27 bits per heavy atom. The molecule has 1 amide bonds. The standard InChI is InChI=1S/C15H23NO6/c1-2-21-13(19)14(15(20)8-4-6-10-22-15)7-3-5-9-16(14)12(18)11-17/h11,20H,2-10H2,1H3. The first-order valence-electron chi connectivity index (χ1n) is 7.82. The molecular formula is C15H23NO6. The van der Waals surface area contributed by atoms with Gasteiger partial charge in [0.05, 0.1) is 13.2 Å². The number of esters is 1. The van der Waals surface area contributed by atoms with Gasteiger partial charge in [-0.2, -0.15) is 0 Å². The number of carbonyl (C=O) groups is 3. The monoisotopic (exact) mass is 313 g/mol. The van der Waals surface area contributed by atoms with Crippen LogP contribution in [0.4, 0.5) is 0 Å². The SMILES string of the molecule is CCOC(=O)C1(C2(O)CCCCO2)CCCCN1C(=O)C=O. The molecule has 0 saturated carbocycles. The minimum atomic E-state index is -1.81. The van der Waals surface area contributed by atoms with Crippen molar-refractivity contribution in [3.05, 3.63) is 0 Å². The Hall–Kier alpha value is -1.47. The van der Waals surface area contributed by atoms with Gasteiger partial charge in [0, 0.05) is 13.0 Å². The average Bonchev–Trinajstić information content (AvgIpc) is 2.54. The number of rotatable bonds is 4. The Balaban J connectivity index is 2.49. The molecule has 7 heteroatoms. The molecule has 1 N–H and O–H groups in total. The number of likely N-dealkylation sites (tertiary alicyclic amines) is 1. The van der Waals surface area contributed by atoms with Crippen molar-refractivity contribution in [2.24, 2.45) is 0 Å². The van der Waals surface area contributed by atoms with Gasteiger partial charge < -0.3 is 19.5 Å². The van der Waals surface area contributed by atoms with E-state index in [1.807, 2.05) is 0 Å². The van der Waals surface area contributed by atoms with Gasteiger partial charge in [-0.1, -0.05) is 0 Å². The summed E-state index contributed by atoms with van der Waals surface area (Å²) in [6, 6.07) is 0. The molecular weight excluding hydrogens is 290 g/mol. The van der Waals surface area contributed by atoms with Crippen LogP contribution >= 0.6 is 0 Å². The highest BCUT2D eigenvalue weighted by atomic mass is 16.6. The smallest absolute Gasteiger partial charge is 0.337 e. The van der Waals surface area contributed by atoms with E-state index < -0.39 is 23.2 Å². The van der Waals surface area contributed by atoms with Gasteiger partial charge in [0.15, 0.2) is 11.3 Å². The van der Waals surface area contributed by atoms with Crippen LogP contribution in [0.15, 0.2) is 0 Å². The van der Waals surface area contributed by atoms with Gasteiger partial charge in [-0.25, -0.2) is 4.79 Å². The lowest BCUT2D eigenvalue weighted by molar-refractivity contribution is -0.294. The fourth-order valence-electron chi connectivity index (χ4n) is 3.47. The van der Waals surface area contributed by atoms with E-state index in [0.717, 1.165) is 11.3 Å². The van der Waals surface area contributed by atoms with Crippen molar-refractivity contribution in [3.8, 4) is 0 Å². The molecule has 0 spiro atoms. The van der Waals surface area contributed by atoms with Gasteiger partial charge in [-0.3, -0.25) is 9.59 Å². The Morgan fingerprint density at radius 2 is 2.00 bits per heavy atom. The van der Waals surface area contributed by atoms with Crippen molar-refractivity contribution in [1.82, 2.24) is 4.90 Å². The van der Waals surface area contributed by atoms with Crippen molar-refractivity contribution in [2.45, 2.75) is 56.8 Å². The van der Waals surface area contributed by atoms with Crippen LogP contribution in [0.5, 0.6) is 0 Å². The van der Waals surface area contributed by atoms with Crippen LogP contribution in [-0.4, -0.2) is 59.3 Å². The molecule has 2 rings (SSSR count). The highest BCUT2D eigenvalue weighted by Crippen LogP contribution is 2.43. The lowest BCUT2D eigenvalue weighted by Crippen LogP contribution is -2.73. The maximum absolute atomic E-state index is 12.7. The predicted molar refractivity (Wildman–Crippen MR) is 75.7 cm³/mol. The van der Waals surface area contributed by atoms with Crippen molar-refractivity contribution in [3.63, 3.8) is 0 Å². The van der Waals surface area contributed by atoms with Crippen LogP contribution in [0.25, 0.3) is 0 Å². The first-order valence-corrected chi connectivity index (χ1v) is 7.82. The minimum absolute atomic E-state index is 0.125. The van der Waals surface area contributed by atoms with Gasteiger partial charge in [0.1, 0.15) is 0 Å². The largest absolute Gasteiger partial charge is 0.464 e. The molecule has 2 unspecified atom stereocenters. The number of carbonyl (C=O) groups excluding carboxylic acids is 3. The zero-order valence-corrected chi connectivity index (χ0v) is 12.9. The van der Waals surface area contributed by atoms with Gasteiger partial charge in [-0.15, -0.1) is 0 Å². The second kappa shape index (κ2) is 6.75. The van der Waals surface area contributed by atoms with E-state index in [9.17, 15) is 19.5 Å². The molecule has 0 radical (unpaired) electrons. The maximum Gasteiger partial charge on any atom is 0.337 e. The average molecular weight is 313 g/mol. The number of hydrogen-bond donors (Lipinski definition) is 1. The summed E-state index contributed by atoms with van der Waals surface area (Å²) in [6.45, 7) is 2.31. The Morgan fingerprint density at radius 3 is 2.59 bits per heavy atom. The maximum atomic E-state index is 12.7. The van der Waals surface area contributed by atoms with E-state index in [2.05, 4.69) is 0 Å². The lowest BCUT2D eigenvalue weighted by Gasteiger charge is -2.53. The third-order valence-electron chi connectivity index (χ3n) is 4.51. The van der Waals surface area contributed by atoms with Crippen molar-refractivity contribution in [2.75, 3.05) is 19.8 Å². The van der Waals surface area contributed by atoms with Crippen LogP contribution in [0.1, 0.15) is 45.4 Å². The molecule has 124 valence electrons. The van der Waals surface area contributed by atoms with Crippen LogP contribution in [0.3, 0.4) is 0 Å². The van der Waals surface area contributed by atoms with Gasteiger partial charge in [0.25, 0.3) is 5.91 Å². The summed E-state index contributed by atoms with van der Waals surface area (Å²) in [5, 5.41) is 11.0. The van der Waals surface area contributed by atoms with Crippen LogP contribution < -0.4 is 0 Å². The third kappa shape index (κ3) is 2.63. The first kappa shape index (κ1) is 16.9. The Labute approximate surface area is 129 Å². The molecule has 0 aliphatic carbocycles. The van der Waals surface area contributed by atoms with Crippen molar-refractivity contribution < 1.29 is 29.0 Å². The predicted octanol–water partition coefficient (Wildman–Crippen LogP) is 0.389. The number of aldehydes is 1. The third-order valence-corrected chi connectivity index (χ3v) is 4.51. The Kier molecular flexibility index (Phi) is 5.18. The number of hydrogen-bond acceptors (Lipinski definition) is 6. The van der Waals surface area contributed by atoms with Crippen molar-refractivity contribution in [1.29, 1.82) is 0 Å². The van der Waals surface area contributed by atoms with E-state index in [1.54, 1.807) is 6.92 Å². The minimum Gasteiger partial charge on any atom is -0.464 e. The highest BCUT2D eigenvalue weighted by Gasteiger charge is 2.64. The van der Waals surface area contributed by atoms with Gasteiger partial charge >= 0.3 is 5.97 Å². The molecule has 2 atom stereocenters. The molecule has 2 aliphatic rings. The van der Waals surface area contributed by atoms with E-state index in [1.165, 1.54) is 0 Å². The zero-order valence-electron chi connectivity index (χ0n) is 12.9. The van der Waals surface area contributed by atoms with E-state index >= 15 is 0 Å². The number of piperidine rings is 1.